The summed E-state index contributed by atoms with van der Waals surface area (Å²) in [7, 11) is 0. The van der Waals surface area contributed by atoms with Crippen LogP contribution in [0.25, 0.3) is 0 Å². The Morgan fingerprint density at radius 3 is 2.53 bits per heavy atom. The van der Waals surface area contributed by atoms with E-state index in [0.29, 0.717) is 6.61 Å². The van der Waals surface area contributed by atoms with Crippen LogP contribution < -0.4 is 10.1 Å². The van der Waals surface area contributed by atoms with Gasteiger partial charge in [0.2, 0.25) is 0 Å². The summed E-state index contributed by atoms with van der Waals surface area (Å²) in [6.45, 7) is 6.08. The van der Waals surface area contributed by atoms with Crippen molar-refractivity contribution >= 4 is 0 Å². The molecule has 0 saturated heterocycles. The van der Waals surface area contributed by atoms with Crippen molar-refractivity contribution < 1.29 is 13.5 Å². The van der Waals surface area contributed by atoms with Crippen LogP contribution in [0.4, 0.5) is 8.78 Å². The Bertz CT molecular complexity index is 324. The standard InChI is InChI=1S/C13H19F2NO/c1-3-7-16-8-10(2)9-17-13-11(14)5-4-6-12(13)15/h4-6,10,16H,3,7-9H2,1-2H3. The number of ether oxygens (including phenoxy) is 1. The average Bonchev–Trinajstić information content (AvgIpc) is 2.29. The molecule has 0 spiro atoms. The molecule has 0 fully saturated rings. The van der Waals surface area contributed by atoms with E-state index in [1.54, 1.807) is 0 Å². The van der Waals surface area contributed by atoms with Gasteiger partial charge in [0.05, 0.1) is 6.61 Å². The van der Waals surface area contributed by atoms with Crippen molar-refractivity contribution in [1.82, 2.24) is 5.32 Å². The lowest BCUT2D eigenvalue weighted by molar-refractivity contribution is 0.235. The quantitative estimate of drug-likeness (QED) is 0.743. The Morgan fingerprint density at radius 1 is 1.29 bits per heavy atom. The summed E-state index contributed by atoms with van der Waals surface area (Å²) in [6.07, 6.45) is 1.06. The second-order valence-corrected chi connectivity index (χ2v) is 4.17. The molecule has 2 nitrogen and oxygen atoms in total. The molecule has 0 heterocycles. The van der Waals surface area contributed by atoms with Gasteiger partial charge in [0.15, 0.2) is 17.4 Å². The van der Waals surface area contributed by atoms with Crippen molar-refractivity contribution in [3.8, 4) is 5.75 Å². The fraction of sp³-hybridized carbons (Fsp3) is 0.538. The molecule has 0 aliphatic carbocycles. The number of nitrogens with one attached hydrogen (secondary N) is 1. The third kappa shape index (κ3) is 4.69. The lowest BCUT2D eigenvalue weighted by Crippen LogP contribution is -2.25. The topological polar surface area (TPSA) is 21.3 Å². The predicted molar refractivity (Wildman–Crippen MR) is 64.2 cm³/mol. The first-order valence-electron chi connectivity index (χ1n) is 5.92. The van der Waals surface area contributed by atoms with Gasteiger partial charge < -0.3 is 10.1 Å². The summed E-state index contributed by atoms with van der Waals surface area (Å²) in [6, 6.07) is 3.71. The molecule has 1 rings (SSSR count). The smallest absolute Gasteiger partial charge is 0.190 e. The zero-order valence-electron chi connectivity index (χ0n) is 10.3. The van der Waals surface area contributed by atoms with Crippen LogP contribution in [0.3, 0.4) is 0 Å². The summed E-state index contributed by atoms with van der Waals surface area (Å²) in [5.74, 6) is -1.38. The van der Waals surface area contributed by atoms with Gasteiger partial charge in [-0.15, -0.1) is 0 Å². The summed E-state index contributed by atoms with van der Waals surface area (Å²) in [5, 5.41) is 3.23. The largest absolute Gasteiger partial charge is 0.487 e. The highest BCUT2D eigenvalue weighted by atomic mass is 19.1. The van der Waals surface area contributed by atoms with Crippen LogP contribution in [0.15, 0.2) is 18.2 Å². The Hall–Kier alpha value is -1.16. The van der Waals surface area contributed by atoms with Gasteiger partial charge in [-0.25, -0.2) is 8.78 Å². The summed E-state index contributed by atoms with van der Waals surface area (Å²) in [4.78, 5) is 0. The van der Waals surface area contributed by atoms with E-state index in [4.69, 9.17) is 4.74 Å². The van der Waals surface area contributed by atoms with Crippen molar-refractivity contribution in [2.45, 2.75) is 20.3 Å². The predicted octanol–water partition coefficient (Wildman–Crippen LogP) is 2.98. The molecule has 1 atom stereocenters. The van der Waals surface area contributed by atoms with Crippen LogP contribution in [-0.2, 0) is 0 Å². The lowest BCUT2D eigenvalue weighted by Gasteiger charge is -2.14. The summed E-state index contributed by atoms with van der Waals surface area (Å²) >= 11 is 0. The first-order chi connectivity index (χ1) is 8.15. The third-order valence-corrected chi connectivity index (χ3v) is 2.35. The minimum absolute atomic E-state index is 0.209. The van der Waals surface area contributed by atoms with E-state index < -0.39 is 11.6 Å². The highest BCUT2D eigenvalue weighted by molar-refractivity contribution is 5.25. The molecule has 0 radical (unpaired) electrons. The number of halogens is 2. The first-order valence-corrected chi connectivity index (χ1v) is 5.92. The van der Waals surface area contributed by atoms with Gasteiger partial charge in [-0.05, 0) is 25.1 Å². The second-order valence-electron chi connectivity index (χ2n) is 4.17. The molecule has 0 saturated carbocycles. The van der Waals surface area contributed by atoms with Crippen LogP contribution in [0.1, 0.15) is 20.3 Å². The maximum Gasteiger partial charge on any atom is 0.190 e. The van der Waals surface area contributed by atoms with E-state index in [-0.39, 0.29) is 11.7 Å². The molecule has 17 heavy (non-hydrogen) atoms. The van der Waals surface area contributed by atoms with E-state index in [9.17, 15) is 8.78 Å². The Balaban J connectivity index is 2.39. The van der Waals surface area contributed by atoms with E-state index in [0.717, 1.165) is 19.5 Å². The fourth-order valence-corrected chi connectivity index (χ4v) is 1.43. The molecule has 0 bridgehead atoms. The van der Waals surface area contributed by atoms with Crippen LogP contribution >= 0.6 is 0 Å². The zero-order chi connectivity index (χ0) is 12.7. The molecule has 1 N–H and O–H groups in total. The van der Waals surface area contributed by atoms with Crippen molar-refractivity contribution in [3.63, 3.8) is 0 Å². The van der Waals surface area contributed by atoms with Crippen molar-refractivity contribution in [2.24, 2.45) is 5.92 Å². The van der Waals surface area contributed by atoms with Crippen LogP contribution in [0.5, 0.6) is 5.75 Å². The Kier molecular flexibility index (Phi) is 5.91. The fourth-order valence-electron chi connectivity index (χ4n) is 1.43. The number of rotatable bonds is 7. The van der Waals surface area contributed by atoms with Crippen LogP contribution in [0.2, 0.25) is 0 Å². The molecule has 0 amide bonds. The number of hydrogen-bond acceptors (Lipinski definition) is 2. The lowest BCUT2D eigenvalue weighted by atomic mass is 10.2. The Morgan fingerprint density at radius 2 is 1.94 bits per heavy atom. The maximum atomic E-state index is 13.2. The van der Waals surface area contributed by atoms with E-state index in [2.05, 4.69) is 12.2 Å². The van der Waals surface area contributed by atoms with Crippen molar-refractivity contribution in [1.29, 1.82) is 0 Å². The zero-order valence-corrected chi connectivity index (χ0v) is 10.3. The maximum absolute atomic E-state index is 13.2. The summed E-state index contributed by atoms with van der Waals surface area (Å²) in [5.41, 5.74) is 0. The summed E-state index contributed by atoms with van der Waals surface area (Å²) < 4.78 is 31.6. The molecule has 1 aromatic carbocycles. The molecule has 0 aromatic heterocycles. The van der Waals surface area contributed by atoms with Crippen LogP contribution in [-0.4, -0.2) is 19.7 Å². The third-order valence-electron chi connectivity index (χ3n) is 2.35. The normalized spacial score (nSPS) is 12.5. The van der Waals surface area contributed by atoms with Gasteiger partial charge >= 0.3 is 0 Å². The van der Waals surface area contributed by atoms with Gasteiger partial charge in [-0.3, -0.25) is 0 Å². The Labute approximate surface area is 101 Å². The number of benzene rings is 1. The molecule has 1 unspecified atom stereocenters. The SMILES string of the molecule is CCCNCC(C)COc1c(F)cccc1F. The second kappa shape index (κ2) is 7.22. The van der Waals surface area contributed by atoms with E-state index in [1.165, 1.54) is 18.2 Å². The molecule has 4 heteroatoms. The molecule has 1 aromatic rings. The molecular weight excluding hydrogens is 224 g/mol. The molecule has 0 aliphatic rings. The minimum atomic E-state index is -0.654. The van der Waals surface area contributed by atoms with Crippen molar-refractivity contribution in [2.75, 3.05) is 19.7 Å². The highest BCUT2D eigenvalue weighted by Crippen LogP contribution is 2.21. The highest BCUT2D eigenvalue weighted by Gasteiger charge is 2.11. The van der Waals surface area contributed by atoms with Crippen LogP contribution in [0, 0.1) is 17.6 Å². The van der Waals surface area contributed by atoms with Gasteiger partial charge in [0.25, 0.3) is 0 Å². The number of para-hydroxylation sites is 1. The van der Waals surface area contributed by atoms with E-state index in [1.807, 2.05) is 6.92 Å². The minimum Gasteiger partial charge on any atom is -0.487 e. The van der Waals surface area contributed by atoms with Gasteiger partial charge in [0, 0.05) is 12.5 Å². The van der Waals surface area contributed by atoms with E-state index >= 15 is 0 Å². The average molecular weight is 243 g/mol. The van der Waals surface area contributed by atoms with Gasteiger partial charge in [0.1, 0.15) is 0 Å². The molecular formula is C13H19F2NO. The monoisotopic (exact) mass is 243 g/mol. The first kappa shape index (κ1) is 13.9. The van der Waals surface area contributed by atoms with Gasteiger partial charge in [-0.2, -0.15) is 0 Å². The van der Waals surface area contributed by atoms with Crippen molar-refractivity contribution in [3.05, 3.63) is 29.8 Å². The van der Waals surface area contributed by atoms with Gasteiger partial charge in [-0.1, -0.05) is 19.9 Å². The molecule has 96 valence electrons. The number of hydrogen-bond donors (Lipinski definition) is 1. The molecule has 0 aliphatic heterocycles.